The molecule has 29 heavy (non-hydrogen) atoms. The number of Topliss-reactive ketones (excluding diaryl/α,β-unsaturated/α-hetero) is 1. The number of methoxy groups -OCH3 is 1. The first-order valence-electron chi connectivity index (χ1n) is 9.33. The number of rotatable bonds is 9. The van der Waals surface area contributed by atoms with E-state index in [2.05, 4.69) is 30.8 Å². The van der Waals surface area contributed by atoms with Gasteiger partial charge in [-0.25, -0.2) is 4.40 Å². The zero-order valence-corrected chi connectivity index (χ0v) is 17.9. The van der Waals surface area contributed by atoms with E-state index in [0.29, 0.717) is 34.1 Å². The number of thioether (sulfide) groups is 1. The standard InChI is InChI=1S/C19H25N7O2S/c1-11(2)20-16-22-17(21-12(3)4)26-18(23-16)24-25-19(26)29-10-15(27)13-6-8-14(28-5)9-7-13/h6-9,11-12H,10H2,1-5H3,(H2,20,21,22,23,24). The molecule has 10 heteroatoms. The van der Waals surface area contributed by atoms with E-state index in [0.717, 1.165) is 0 Å². The molecule has 3 rings (SSSR count). The summed E-state index contributed by atoms with van der Waals surface area (Å²) in [4.78, 5) is 21.5. The van der Waals surface area contributed by atoms with Crippen LogP contribution in [0.1, 0.15) is 38.1 Å². The average Bonchev–Trinajstić information content (AvgIpc) is 3.08. The Kier molecular flexibility index (Phi) is 6.53. The largest absolute Gasteiger partial charge is 0.497 e. The number of anilines is 2. The highest BCUT2D eigenvalue weighted by atomic mass is 32.2. The number of aromatic nitrogens is 5. The molecular formula is C19H25N7O2S. The Labute approximate surface area is 173 Å². The van der Waals surface area contributed by atoms with Gasteiger partial charge in [0.05, 0.1) is 12.9 Å². The summed E-state index contributed by atoms with van der Waals surface area (Å²) in [6.45, 7) is 8.07. The van der Waals surface area contributed by atoms with Crippen LogP contribution in [-0.2, 0) is 0 Å². The second kappa shape index (κ2) is 9.08. The minimum Gasteiger partial charge on any atom is -0.497 e. The maximum absolute atomic E-state index is 12.5. The van der Waals surface area contributed by atoms with Gasteiger partial charge in [-0.2, -0.15) is 9.97 Å². The molecular weight excluding hydrogens is 390 g/mol. The molecule has 0 saturated heterocycles. The number of ketones is 1. The second-order valence-electron chi connectivity index (χ2n) is 7.03. The molecule has 0 bridgehead atoms. The van der Waals surface area contributed by atoms with Gasteiger partial charge in [-0.05, 0) is 52.0 Å². The molecule has 2 heterocycles. The molecule has 0 aliphatic rings. The first-order chi connectivity index (χ1) is 13.9. The average molecular weight is 416 g/mol. The molecule has 1 aromatic carbocycles. The molecule has 2 aromatic heterocycles. The van der Waals surface area contributed by atoms with Gasteiger partial charge in [0.15, 0.2) is 10.9 Å². The first-order valence-corrected chi connectivity index (χ1v) is 10.3. The van der Waals surface area contributed by atoms with E-state index < -0.39 is 0 Å². The van der Waals surface area contributed by atoms with E-state index in [1.807, 2.05) is 27.7 Å². The van der Waals surface area contributed by atoms with Crippen LogP contribution in [-0.4, -0.2) is 55.3 Å². The SMILES string of the molecule is COc1ccc(C(=O)CSc2nnc3nc(NC(C)C)nc(NC(C)C)n23)cc1. The minimum absolute atomic E-state index is 0.00761. The van der Waals surface area contributed by atoms with Crippen molar-refractivity contribution in [1.82, 2.24) is 24.6 Å². The smallest absolute Gasteiger partial charge is 0.261 e. The molecule has 2 N–H and O–H groups in total. The molecule has 0 aliphatic carbocycles. The summed E-state index contributed by atoms with van der Waals surface area (Å²) in [5, 5.41) is 15.4. The molecule has 0 radical (unpaired) electrons. The van der Waals surface area contributed by atoms with Crippen molar-refractivity contribution in [2.45, 2.75) is 44.9 Å². The topological polar surface area (TPSA) is 106 Å². The maximum atomic E-state index is 12.5. The van der Waals surface area contributed by atoms with Crippen molar-refractivity contribution in [3.63, 3.8) is 0 Å². The Bertz CT molecular complexity index is 986. The number of fused-ring (bicyclic) bond motifs is 1. The van der Waals surface area contributed by atoms with Gasteiger partial charge >= 0.3 is 0 Å². The van der Waals surface area contributed by atoms with Crippen LogP contribution < -0.4 is 15.4 Å². The molecule has 0 spiro atoms. The van der Waals surface area contributed by atoms with Crippen molar-refractivity contribution in [1.29, 1.82) is 0 Å². The maximum Gasteiger partial charge on any atom is 0.261 e. The van der Waals surface area contributed by atoms with Crippen molar-refractivity contribution >= 4 is 35.2 Å². The lowest BCUT2D eigenvalue weighted by Gasteiger charge is -2.14. The molecule has 0 atom stereocenters. The zero-order valence-electron chi connectivity index (χ0n) is 17.1. The summed E-state index contributed by atoms with van der Waals surface area (Å²) in [7, 11) is 1.59. The van der Waals surface area contributed by atoms with Gasteiger partial charge in [0.2, 0.25) is 11.9 Å². The van der Waals surface area contributed by atoms with E-state index in [1.54, 1.807) is 35.8 Å². The monoisotopic (exact) mass is 415 g/mol. The van der Waals surface area contributed by atoms with Gasteiger partial charge in [-0.3, -0.25) is 4.79 Å². The van der Waals surface area contributed by atoms with Gasteiger partial charge in [0, 0.05) is 17.6 Å². The molecule has 0 aliphatic heterocycles. The molecule has 9 nitrogen and oxygen atoms in total. The highest BCUT2D eigenvalue weighted by molar-refractivity contribution is 7.99. The van der Waals surface area contributed by atoms with Crippen molar-refractivity contribution in [3.8, 4) is 5.75 Å². The molecule has 0 fully saturated rings. The summed E-state index contributed by atoms with van der Waals surface area (Å²) < 4.78 is 6.86. The van der Waals surface area contributed by atoms with E-state index in [-0.39, 0.29) is 23.6 Å². The number of hydrogen-bond donors (Lipinski definition) is 2. The molecule has 0 amide bonds. The highest BCUT2D eigenvalue weighted by Crippen LogP contribution is 2.23. The van der Waals surface area contributed by atoms with Crippen molar-refractivity contribution in [2.24, 2.45) is 0 Å². The number of ether oxygens (including phenoxy) is 1. The Morgan fingerprint density at radius 1 is 1.07 bits per heavy atom. The third kappa shape index (κ3) is 5.14. The van der Waals surface area contributed by atoms with Gasteiger partial charge in [-0.1, -0.05) is 11.8 Å². The van der Waals surface area contributed by atoms with E-state index >= 15 is 0 Å². The van der Waals surface area contributed by atoms with Crippen LogP contribution in [0.3, 0.4) is 0 Å². The highest BCUT2D eigenvalue weighted by Gasteiger charge is 2.17. The third-order valence-corrected chi connectivity index (χ3v) is 4.75. The quantitative estimate of drug-likeness (QED) is 0.402. The predicted molar refractivity (Wildman–Crippen MR) is 114 cm³/mol. The summed E-state index contributed by atoms with van der Waals surface area (Å²) in [5.74, 6) is 2.41. The fraction of sp³-hybridized carbons (Fsp3) is 0.421. The Hall–Kier alpha value is -2.88. The van der Waals surface area contributed by atoms with Crippen molar-refractivity contribution in [3.05, 3.63) is 29.8 Å². The lowest BCUT2D eigenvalue weighted by atomic mass is 10.1. The summed E-state index contributed by atoms with van der Waals surface area (Å²) in [6.07, 6.45) is 0. The minimum atomic E-state index is -0.00761. The molecule has 154 valence electrons. The van der Waals surface area contributed by atoms with Crippen LogP contribution in [0, 0.1) is 0 Å². The summed E-state index contributed by atoms with van der Waals surface area (Å²) >= 11 is 1.30. The Balaban J connectivity index is 1.83. The lowest BCUT2D eigenvalue weighted by molar-refractivity contribution is 0.102. The normalized spacial score (nSPS) is 11.3. The number of nitrogens with zero attached hydrogens (tertiary/aromatic N) is 5. The van der Waals surface area contributed by atoms with Crippen LogP contribution in [0.5, 0.6) is 5.75 Å². The van der Waals surface area contributed by atoms with E-state index in [1.165, 1.54) is 11.8 Å². The summed E-state index contributed by atoms with van der Waals surface area (Å²) in [5.41, 5.74) is 0.618. The third-order valence-electron chi connectivity index (χ3n) is 3.83. The second-order valence-corrected chi connectivity index (χ2v) is 7.97. The number of nitrogens with one attached hydrogen (secondary N) is 2. The zero-order chi connectivity index (χ0) is 21.0. The molecule has 0 unspecified atom stereocenters. The van der Waals surface area contributed by atoms with Gasteiger partial charge in [0.1, 0.15) is 5.75 Å². The summed E-state index contributed by atoms with van der Waals surface area (Å²) in [6, 6.07) is 7.38. The number of hydrogen-bond acceptors (Lipinski definition) is 9. The lowest BCUT2D eigenvalue weighted by Crippen LogP contribution is -2.19. The van der Waals surface area contributed by atoms with Crippen molar-refractivity contribution < 1.29 is 9.53 Å². The predicted octanol–water partition coefficient (Wildman–Crippen LogP) is 3.14. The van der Waals surface area contributed by atoms with E-state index in [4.69, 9.17) is 4.74 Å². The van der Waals surface area contributed by atoms with Gasteiger partial charge in [0.25, 0.3) is 5.78 Å². The number of carbonyl (C=O) groups is 1. The Morgan fingerprint density at radius 3 is 2.38 bits per heavy atom. The van der Waals surface area contributed by atoms with Gasteiger partial charge < -0.3 is 15.4 Å². The van der Waals surface area contributed by atoms with Crippen LogP contribution in [0.2, 0.25) is 0 Å². The number of benzene rings is 1. The van der Waals surface area contributed by atoms with Crippen LogP contribution in [0.15, 0.2) is 29.4 Å². The molecule has 3 aromatic rings. The van der Waals surface area contributed by atoms with Crippen LogP contribution >= 0.6 is 11.8 Å². The molecule has 0 saturated carbocycles. The van der Waals surface area contributed by atoms with E-state index in [9.17, 15) is 4.79 Å². The van der Waals surface area contributed by atoms with Crippen LogP contribution in [0.4, 0.5) is 11.9 Å². The van der Waals surface area contributed by atoms with Crippen molar-refractivity contribution in [2.75, 3.05) is 23.5 Å². The first kappa shape index (κ1) is 20.8. The number of carbonyl (C=O) groups excluding carboxylic acids is 1. The fourth-order valence-electron chi connectivity index (χ4n) is 2.55. The van der Waals surface area contributed by atoms with Gasteiger partial charge in [-0.15, -0.1) is 10.2 Å². The van der Waals surface area contributed by atoms with Crippen LogP contribution in [0.25, 0.3) is 5.78 Å². The Morgan fingerprint density at radius 2 is 1.76 bits per heavy atom. The fourth-order valence-corrected chi connectivity index (χ4v) is 3.37.